The van der Waals surface area contributed by atoms with E-state index in [1.165, 1.54) is 5.56 Å². The molecule has 3 nitrogen and oxygen atoms in total. The average molecular weight is 306 g/mol. The molecule has 3 rings (SSSR count). The molecular weight excluding hydrogens is 292 g/mol. The zero-order chi connectivity index (χ0) is 15.2. The lowest BCUT2D eigenvalue weighted by atomic mass is 10.2. The predicted molar refractivity (Wildman–Crippen MR) is 86.9 cm³/mol. The van der Waals surface area contributed by atoms with Crippen LogP contribution in [0.3, 0.4) is 0 Å². The van der Waals surface area contributed by atoms with Gasteiger partial charge in [-0.3, -0.25) is 0 Å². The van der Waals surface area contributed by atoms with Gasteiger partial charge in [0.25, 0.3) is 0 Å². The van der Waals surface area contributed by atoms with E-state index >= 15 is 0 Å². The molecule has 2 aromatic carbocycles. The highest BCUT2D eigenvalue weighted by Gasteiger charge is 2.06. The molecular formula is C18H14N2OS. The Labute approximate surface area is 133 Å². The van der Waals surface area contributed by atoms with Crippen molar-refractivity contribution in [2.75, 3.05) is 0 Å². The molecule has 0 bridgehead atoms. The fraction of sp³-hybridized carbons (Fsp3) is 0.111. The summed E-state index contributed by atoms with van der Waals surface area (Å²) in [7, 11) is 0. The van der Waals surface area contributed by atoms with Gasteiger partial charge in [0.15, 0.2) is 0 Å². The van der Waals surface area contributed by atoms with Crippen molar-refractivity contribution < 1.29 is 4.74 Å². The van der Waals surface area contributed by atoms with Crippen LogP contribution in [-0.2, 0) is 13.0 Å². The van der Waals surface area contributed by atoms with Gasteiger partial charge in [-0.15, -0.1) is 11.3 Å². The van der Waals surface area contributed by atoms with Crippen molar-refractivity contribution in [1.29, 1.82) is 5.26 Å². The zero-order valence-electron chi connectivity index (χ0n) is 11.9. The highest BCUT2D eigenvalue weighted by atomic mass is 32.1. The lowest BCUT2D eigenvalue weighted by Crippen LogP contribution is -1.98. The fourth-order valence-corrected chi connectivity index (χ4v) is 2.92. The molecule has 4 heteroatoms. The molecule has 3 aromatic rings. The van der Waals surface area contributed by atoms with E-state index in [1.54, 1.807) is 23.5 Å². The van der Waals surface area contributed by atoms with Crippen LogP contribution in [0.1, 0.15) is 21.8 Å². The van der Waals surface area contributed by atoms with E-state index in [2.05, 4.69) is 23.2 Å². The fourth-order valence-electron chi connectivity index (χ4n) is 2.10. The van der Waals surface area contributed by atoms with Crippen LogP contribution in [-0.4, -0.2) is 4.98 Å². The SMILES string of the molecule is N#Cc1ccccc1OCc1csc(Cc2ccccc2)n1. The highest BCUT2D eigenvalue weighted by molar-refractivity contribution is 7.09. The minimum Gasteiger partial charge on any atom is -0.486 e. The molecule has 1 aromatic heterocycles. The van der Waals surface area contributed by atoms with E-state index < -0.39 is 0 Å². The Hall–Kier alpha value is -2.64. The second-order valence-electron chi connectivity index (χ2n) is 4.79. The number of nitrogens with zero attached hydrogens (tertiary/aromatic N) is 2. The van der Waals surface area contributed by atoms with Crippen molar-refractivity contribution >= 4 is 11.3 Å². The summed E-state index contributed by atoms with van der Waals surface area (Å²) in [5.41, 5.74) is 2.69. The highest BCUT2D eigenvalue weighted by Crippen LogP contribution is 2.20. The molecule has 0 aliphatic carbocycles. The molecule has 0 N–H and O–H groups in total. The van der Waals surface area contributed by atoms with Crippen molar-refractivity contribution in [1.82, 2.24) is 4.98 Å². The number of rotatable bonds is 5. The summed E-state index contributed by atoms with van der Waals surface area (Å²) in [5, 5.41) is 12.1. The van der Waals surface area contributed by atoms with E-state index in [4.69, 9.17) is 10.00 Å². The zero-order valence-corrected chi connectivity index (χ0v) is 12.7. The van der Waals surface area contributed by atoms with Gasteiger partial charge in [-0.1, -0.05) is 42.5 Å². The van der Waals surface area contributed by atoms with E-state index in [-0.39, 0.29) is 0 Å². The first kappa shape index (κ1) is 14.3. The number of hydrogen-bond donors (Lipinski definition) is 0. The molecule has 0 saturated heterocycles. The third-order valence-corrected chi connectivity index (χ3v) is 4.08. The topological polar surface area (TPSA) is 45.9 Å². The number of para-hydroxylation sites is 1. The molecule has 0 aliphatic heterocycles. The lowest BCUT2D eigenvalue weighted by molar-refractivity contribution is 0.301. The molecule has 0 unspecified atom stereocenters. The first-order valence-corrected chi connectivity index (χ1v) is 7.82. The number of hydrogen-bond acceptors (Lipinski definition) is 4. The van der Waals surface area contributed by atoms with Crippen LogP contribution >= 0.6 is 11.3 Å². The molecule has 0 atom stereocenters. The minimum atomic E-state index is 0.379. The summed E-state index contributed by atoms with van der Waals surface area (Å²) in [5.74, 6) is 0.600. The van der Waals surface area contributed by atoms with E-state index in [0.29, 0.717) is 17.9 Å². The molecule has 108 valence electrons. The van der Waals surface area contributed by atoms with Gasteiger partial charge < -0.3 is 4.74 Å². The molecule has 0 fully saturated rings. The van der Waals surface area contributed by atoms with Gasteiger partial charge in [0.2, 0.25) is 0 Å². The molecule has 0 spiro atoms. The van der Waals surface area contributed by atoms with Gasteiger partial charge >= 0.3 is 0 Å². The normalized spacial score (nSPS) is 10.1. The largest absolute Gasteiger partial charge is 0.486 e. The summed E-state index contributed by atoms with van der Waals surface area (Å²) in [6.07, 6.45) is 0.834. The summed E-state index contributed by atoms with van der Waals surface area (Å²) in [6, 6.07) is 19.6. The van der Waals surface area contributed by atoms with Crippen LogP contribution in [0.5, 0.6) is 5.75 Å². The quantitative estimate of drug-likeness (QED) is 0.710. The summed E-state index contributed by atoms with van der Waals surface area (Å²) in [4.78, 5) is 4.59. The summed E-state index contributed by atoms with van der Waals surface area (Å²) >= 11 is 1.63. The average Bonchev–Trinajstić information content (AvgIpc) is 3.01. The molecule has 0 radical (unpaired) electrons. The maximum atomic E-state index is 9.04. The van der Waals surface area contributed by atoms with Crippen molar-refractivity contribution in [2.45, 2.75) is 13.0 Å². The maximum Gasteiger partial charge on any atom is 0.137 e. The smallest absolute Gasteiger partial charge is 0.137 e. The minimum absolute atomic E-state index is 0.379. The Morgan fingerprint density at radius 2 is 1.82 bits per heavy atom. The van der Waals surface area contributed by atoms with Crippen molar-refractivity contribution in [3.63, 3.8) is 0 Å². The van der Waals surface area contributed by atoms with Gasteiger partial charge in [0.1, 0.15) is 18.4 Å². The van der Waals surface area contributed by atoms with Gasteiger partial charge in [-0.25, -0.2) is 4.98 Å². The Bertz CT molecular complexity index is 790. The van der Waals surface area contributed by atoms with Crippen LogP contribution < -0.4 is 4.74 Å². The predicted octanol–water partition coefficient (Wildman–Crippen LogP) is 4.18. The van der Waals surface area contributed by atoms with E-state index in [1.807, 2.05) is 35.7 Å². The molecule has 0 aliphatic rings. The number of nitriles is 1. The van der Waals surface area contributed by atoms with E-state index in [0.717, 1.165) is 17.1 Å². The summed E-state index contributed by atoms with van der Waals surface area (Å²) in [6.45, 7) is 0.379. The van der Waals surface area contributed by atoms with Gasteiger partial charge in [0, 0.05) is 11.8 Å². The number of ether oxygens (including phenoxy) is 1. The van der Waals surface area contributed by atoms with Gasteiger partial charge in [-0.05, 0) is 17.7 Å². The Morgan fingerprint density at radius 1 is 1.05 bits per heavy atom. The van der Waals surface area contributed by atoms with Crippen molar-refractivity contribution in [3.05, 3.63) is 81.8 Å². The van der Waals surface area contributed by atoms with Gasteiger partial charge in [0.05, 0.1) is 16.3 Å². The van der Waals surface area contributed by atoms with E-state index in [9.17, 15) is 0 Å². The number of thiazole rings is 1. The van der Waals surface area contributed by atoms with Crippen LogP contribution in [0, 0.1) is 11.3 Å². The second-order valence-corrected chi connectivity index (χ2v) is 5.73. The van der Waals surface area contributed by atoms with Crippen molar-refractivity contribution in [3.8, 4) is 11.8 Å². The Balaban J connectivity index is 1.64. The Kier molecular flexibility index (Phi) is 4.47. The Morgan fingerprint density at radius 3 is 2.64 bits per heavy atom. The molecule has 22 heavy (non-hydrogen) atoms. The van der Waals surface area contributed by atoms with Crippen LogP contribution in [0.2, 0.25) is 0 Å². The standard InChI is InChI=1S/C18H14N2OS/c19-11-15-8-4-5-9-17(15)21-12-16-13-22-18(20-16)10-14-6-2-1-3-7-14/h1-9,13H,10,12H2. The van der Waals surface area contributed by atoms with Crippen LogP contribution in [0.4, 0.5) is 0 Å². The second kappa shape index (κ2) is 6.88. The van der Waals surface area contributed by atoms with Crippen molar-refractivity contribution in [2.24, 2.45) is 0 Å². The molecule has 0 saturated carbocycles. The van der Waals surface area contributed by atoms with Crippen LogP contribution in [0.25, 0.3) is 0 Å². The maximum absolute atomic E-state index is 9.04. The molecule has 0 amide bonds. The van der Waals surface area contributed by atoms with Crippen LogP contribution in [0.15, 0.2) is 60.0 Å². The third kappa shape index (κ3) is 3.51. The number of aromatic nitrogens is 1. The lowest BCUT2D eigenvalue weighted by Gasteiger charge is -2.05. The summed E-state index contributed by atoms with van der Waals surface area (Å²) < 4.78 is 5.70. The first-order valence-electron chi connectivity index (χ1n) is 6.94. The third-order valence-electron chi connectivity index (χ3n) is 3.18. The first-order chi connectivity index (χ1) is 10.8. The molecule has 1 heterocycles. The van der Waals surface area contributed by atoms with Gasteiger partial charge in [-0.2, -0.15) is 5.26 Å². The monoisotopic (exact) mass is 306 g/mol. The number of benzene rings is 2.